The summed E-state index contributed by atoms with van der Waals surface area (Å²) in [6, 6.07) is 3.67. The third kappa shape index (κ3) is 3.51. The molecule has 1 aliphatic rings. The van der Waals surface area contributed by atoms with Crippen LogP contribution in [-0.4, -0.2) is 48.7 Å². The number of piperazine rings is 1. The molecule has 0 amide bonds. The third-order valence-corrected chi connectivity index (χ3v) is 5.28. The molecule has 2 aromatic rings. The van der Waals surface area contributed by atoms with Crippen molar-refractivity contribution in [3.05, 3.63) is 34.5 Å². The van der Waals surface area contributed by atoms with Gasteiger partial charge in [0.15, 0.2) is 5.13 Å². The predicted molar refractivity (Wildman–Crippen MR) is 96.2 cm³/mol. The average molecular weight is 346 g/mol. The highest BCUT2D eigenvalue weighted by Crippen LogP contribution is 2.26. The normalized spacial score (nSPS) is 14.8. The molecule has 1 aliphatic heterocycles. The van der Waals surface area contributed by atoms with Crippen molar-refractivity contribution in [2.24, 2.45) is 0 Å². The largest absolute Gasteiger partial charge is 0.462 e. The quantitative estimate of drug-likeness (QED) is 0.793. The van der Waals surface area contributed by atoms with E-state index in [1.165, 1.54) is 4.88 Å². The van der Waals surface area contributed by atoms with Gasteiger partial charge in [-0.25, -0.2) is 14.8 Å². The Hall–Kier alpha value is -2.15. The maximum atomic E-state index is 11.7. The zero-order chi connectivity index (χ0) is 17.1. The molecule has 1 saturated heterocycles. The average Bonchev–Trinajstić information content (AvgIpc) is 2.94. The summed E-state index contributed by atoms with van der Waals surface area (Å²) >= 11 is 1.76. The number of esters is 1. The second-order valence-corrected chi connectivity index (χ2v) is 6.92. The van der Waals surface area contributed by atoms with E-state index in [0.29, 0.717) is 12.2 Å². The first kappa shape index (κ1) is 16.7. The summed E-state index contributed by atoms with van der Waals surface area (Å²) in [6.45, 7) is 9.97. The number of nitrogens with zero attached hydrogens (tertiary/aromatic N) is 4. The van der Waals surface area contributed by atoms with Gasteiger partial charge in [0.1, 0.15) is 5.82 Å². The molecule has 7 heteroatoms. The monoisotopic (exact) mass is 346 g/mol. The van der Waals surface area contributed by atoms with E-state index < -0.39 is 0 Å². The number of rotatable bonds is 4. The first-order chi connectivity index (χ1) is 11.6. The maximum absolute atomic E-state index is 11.7. The standard InChI is InChI=1S/C17H22N4O2S/c1-4-23-16(22)14-5-6-15(18-11-14)20-7-9-21(10-8-20)17-19-12(2)13(3)24-17/h5-6,11H,4,7-10H2,1-3H3. The summed E-state index contributed by atoms with van der Waals surface area (Å²) in [5, 5.41) is 1.11. The Balaban J connectivity index is 1.61. The van der Waals surface area contributed by atoms with Crippen molar-refractivity contribution in [1.29, 1.82) is 0 Å². The molecule has 24 heavy (non-hydrogen) atoms. The van der Waals surface area contributed by atoms with Crippen molar-refractivity contribution >= 4 is 28.3 Å². The highest BCUT2D eigenvalue weighted by molar-refractivity contribution is 7.15. The lowest BCUT2D eigenvalue weighted by molar-refractivity contribution is 0.0526. The van der Waals surface area contributed by atoms with Crippen LogP contribution in [0.25, 0.3) is 0 Å². The van der Waals surface area contributed by atoms with Gasteiger partial charge in [0.2, 0.25) is 0 Å². The Bertz CT molecular complexity index is 686. The number of thiazole rings is 1. The summed E-state index contributed by atoms with van der Waals surface area (Å²) < 4.78 is 4.98. The molecule has 0 bridgehead atoms. The molecule has 2 aromatic heterocycles. The van der Waals surface area contributed by atoms with Crippen LogP contribution in [-0.2, 0) is 4.74 Å². The molecule has 0 N–H and O–H groups in total. The molecule has 0 saturated carbocycles. The van der Waals surface area contributed by atoms with E-state index in [1.54, 1.807) is 30.5 Å². The predicted octanol–water partition coefficient (Wildman–Crippen LogP) is 2.66. The van der Waals surface area contributed by atoms with E-state index in [1.807, 2.05) is 6.07 Å². The molecular weight excluding hydrogens is 324 g/mol. The van der Waals surface area contributed by atoms with Crippen LogP contribution in [0.15, 0.2) is 18.3 Å². The van der Waals surface area contributed by atoms with E-state index in [4.69, 9.17) is 4.74 Å². The highest BCUT2D eigenvalue weighted by Gasteiger charge is 2.21. The van der Waals surface area contributed by atoms with Crippen LogP contribution in [0.1, 0.15) is 27.9 Å². The number of hydrogen-bond donors (Lipinski definition) is 0. The first-order valence-electron chi connectivity index (χ1n) is 8.15. The van der Waals surface area contributed by atoms with Gasteiger partial charge in [0.05, 0.1) is 17.9 Å². The molecule has 0 aliphatic carbocycles. The number of anilines is 2. The minimum absolute atomic E-state index is 0.323. The zero-order valence-corrected chi connectivity index (χ0v) is 15.1. The fourth-order valence-electron chi connectivity index (χ4n) is 2.63. The lowest BCUT2D eigenvalue weighted by atomic mass is 10.2. The lowest BCUT2D eigenvalue weighted by Gasteiger charge is -2.35. The molecule has 0 atom stereocenters. The molecule has 0 radical (unpaired) electrons. The Morgan fingerprint density at radius 3 is 2.46 bits per heavy atom. The van der Waals surface area contributed by atoms with Gasteiger partial charge < -0.3 is 14.5 Å². The Morgan fingerprint density at radius 1 is 1.21 bits per heavy atom. The van der Waals surface area contributed by atoms with E-state index >= 15 is 0 Å². The SMILES string of the molecule is CCOC(=O)c1ccc(N2CCN(c3nc(C)c(C)s3)CC2)nc1. The molecule has 3 rings (SSSR count). The van der Waals surface area contributed by atoms with Crippen LogP contribution >= 0.6 is 11.3 Å². The van der Waals surface area contributed by atoms with Crippen molar-refractivity contribution in [3.63, 3.8) is 0 Å². The summed E-state index contributed by atoms with van der Waals surface area (Å²) in [6.07, 6.45) is 1.59. The Labute approximate surface area is 146 Å². The highest BCUT2D eigenvalue weighted by atomic mass is 32.1. The van der Waals surface area contributed by atoms with Gasteiger partial charge in [-0.2, -0.15) is 0 Å². The fourth-order valence-corrected chi connectivity index (χ4v) is 3.59. The number of hydrogen-bond acceptors (Lipinski definition) is 7. The van der Waals surface area contributed by atoms with Crippen LogP contribution in [0.2, 0.25) is 0 Å². The number of ether oxygens (including phenoxy) is 1. The molecule has 1 fully saturated rings. The maximum Gasteiger partial charge on any atom is 0.339 e. The third-order valence-electron chi connectivity index (χ3n) is 4.15. The van der Waals surface area contributed by atoms with E-state index in [-0.39, 0.29) is 5.97 Å². The van der Waals surface area contributed by atoms with E-state index in [9.17, 15) is 4.79 Å². The molecule has 0 unspecified atom stereocenters. The number of aromatic nitrogens is 2. The second kappa shape index (κ2) is 7.17. The number of pyridine rings is 1. The summed E-state index contributed by atoms with van der Waals surface area (Å²) in [7, 11) is 0. The number of carbonyl (C=O) groups is 1. The van der Waals surface area contributed by atoms with Crippen molar-refractivity contribution in [2.75, 3.05) is 42.6 Å². The summed E-state index contributed by atoms with van der Waals surface area (Å²) in [5.74, 6) is 0.574. The molecule has 3 heterocycles. The van der Waals surface area contributed by atoms with Gasteiger partial charge in [0, 0.05) is 37.3 Å². The molecule has 0 aromatic carbocycles. The smallest absolute Gasteiger partial charge is 0.339 e. The first-order valence-corrected chi connectivity index (χ1v) is 8.97. The van der Waals surface area contributed by atoms with Gasteiger partial charge >= 0.3 is 5.97 Å². The van der Waals surface area contributed by atoms with Gasteiger partial charge in [-0.05, 0) is 32.9 Å². The van der Waals surface area contributed by atoms with Crippen molar-refractivity contribution < 1.29 is 9.53 Å². The van der Waals surface area contributed by atoms with Gasteiger partial charge in [-0.15, -0.1) is 11.3 Å². The van der Waals surface area contributed by atoms with Crippen LogP contribution in [0.5, 0.6) is 0 Å². The van der Waals surface area contributed by atoms with Crippen LogP contribution in [0.3, 0.4) is 0 Å². The molecule has 0 spiro atoms. The van der Waals surface area contributed by atoms with Crippen LogP contribution in [0, 0.1) is 13.8 Å². The van der Waals surface area contributed by atoms with Crippen LogP contribution < -0.4 is 9.80 Å². The van der Waals surface area contributed by atoms with Gasteiger partial charge in [-0.1, -0.05) is 0 Å². The Kier molecular flexibility index (Phi) is 4.99. The molecule has 128 valence electrons. The topological polar surface area (TPSA) is 58.6 Å². The lowest BCUT2D eigenvalue weighted by Crippen LogP contribution is -2.46. The number of carbonyl (C=O) groups excluding carboxylic acids is 1. The van der Waals surface area contributed by atoms with E-state index in [2.05, 4.69) is 33.6 Å². The van der Waals surface area contributed by atoms with Crippen molar-refractivity contribution in [2.45, 2.75) is 20.8 Å². The van der Waals surface area contributed by atoms with E-state index in [0.717, 1.165) is 42.8 Å². The molecule has 6 nitrogen and oxygen atoms in total. The zero-order valence-electron chi connectivity index (χ0n) is 14.3. The van der Waals surface area contributed by atoms with Gasteiger partial charge in [0.25, 0.3) is 0 Å². The van der Waals surface area contributed by atoms with Gasteiger partial charge in [-0.3, -0.25) is 0 Å². The Morgan fingerprint density at radius 2 is 1.92 bits per heavy atom. The minimum Gasteiger partial charge on any atom is -0.462 e. The summed E-state index contributed by atoms with van der Waals surface area (Å²) in [5.41, 5.74) is 1.61. The minimum atomic E-state index is -0.323. The fraction of sp³-hybridized carbons (Fsp3) is 0.471. The molecular formula is C17H22N4O2S. The second-order valence-electron chi connectivity index (χ2n) is 5.74. The van der Waals surface area contributed by atoms with Crippen molar-refractivity contribution in [1.82, 2.24) is 9.97 Å². The van der Waals surface area contributed by atoms with Crippen molar-refractivity contribution in [3.8, 4) is 0 Å². The van der Waals surface area contributed by atoms with Crippen LogP contribution in [0.4, 0.5) is 10.9 Å². The number of aryl methyl sites for hydroxylation is 2. The summed E-state index contributed by atoms with van der Waals surface area (Å²) in [4.78, 5) is 26.6.